The minimum absolute atomic E-state index is 0.142. The summed E-state index contributed by atoms with van der Waals surface area (Å²) in [7, 11) is 0. The summed E-state index contributed by atoms with van der Waals surface area (Å²) in [6.45, 7) is 1.43. The van der Waals surface area contributed by atoms with E-state index in [9.17, 15) is 4.79 Å². The predicted molar refractivity (Wildman–Crippen MR) is 93.1 cm³/mol. The number of amides is 1. The summed E-state index contributed by atoms with van der Waals surface area (Å²) in [6.07, 6.45) is 8.38. The van der Waals surface area contributed by atoms with E-state index in [1.165, 1.54) is 25.7 Å². The van der Waals surface area contributed by atoms with Crippen molar-refractivity contribution in [3.05, 3.63) is 24.3 Å². The largest absolute Gasteiger partial charge is 0.491 e. The fourth-order valence-electron chi connectivity index (χ4n) is 4.71. The number of nitrogens with one attached hydrogen (secondary N) is 1. The molecule has 2 bridgehead atoms. The molecule has 2 aliphatic carbocycles. The highest BCUT2D eigenvalue weighted by Gasteiger charge is 2.40. The standard InChI is InChI=1S/C20H27NO3/c22-20(11-16-10-14-6-7-15(16)9-14)21-17-3-1-4-18(12-17)24-13-19-5-2-8-23-19/h1,3-4,12,14-16,19H,2,5-11,13H2,(H,21,22)/t14-,15-,16+,19+/m0/s1. The molecule has 0 spiro atoms. The molecule has 2 saturated carbocycles. The van der Waals surface area contributed by atoms with Crippen molar-refractivity contribution in [1.29, 1.82) is 0 Å². The average molecular weight is 329 g/mol. The molecule has 1 amide bonds. The number of benzene rings is 1. The molecular weight excluding hydrogens is 302 g/mol. The SMILES string of the molecule is O=C(C[C@H]1C[C@H]2CC[C@H]1C2)Nc1cccc(OC[C@H]2CCCO2)c1. The van der Waals surface area contributed by atoms with Crippen LogP contribution in [0.15, 0.2) is 24.3 Å². The lowest BCUT2D eigenvalue weighted by molar-refractivity contribution is -0.117. The molecule has 1 N–H and O–H groups in total. The van der Waals surface area contributed by atoms with Crippen molar-refractivity contribution >= 4 is 11.6 Å². The van der Waals surface area contributed by atoms with Gasteiger partial charge in [0.25, 0.3) is 0 Å². The number of carbonyl (C=O) groups excluding carboxylic acids is 1. The fraction of sp³-hybridized carbons (Fsp3) is 0.650. The zero-order valence-electron chi connectivity index (χ0n) is 14.2. The second-order valence-electron chi connectivity index (χ2n) is 7.66. The number of hydrogen-bond donors (Lipinski definition) is 1. The summed E-state index contributed by atoms with van der Waals surface area (Å²) >= 11 is 0. The number of hydrogen-bond acceptors (Lipinski definition) is 3. The molecule has 130 valence electrons. The Bertz CT molecular complexity index is 582. The first-order chi connectivity index (χ1) is 11.8. The minimum atomic E-state index is 0.142. The number of ether oxygens (including phenoxy) is 2. The van der Waals surface area contributed by atoms with Gasteiger partial charge in [0.2, 0.25) is 5.91 Å². The second kappa shape index (κ2) is 7.14. The van der Waals surface area contributed by atoms with Crippen LogP contribution in [0.1, 0.15) is 44.9 Å². The van der Waals surface area contributed by atoms with Crippen molar-refractivity contribution in [2.24, 2.45) is 17.8 Å². The first-order valence-electron chi connectivity index (χ1n) is 9.40. The van der Waals surface area contributed by atoms with E-state index in [2.05, 4.69) is 5.32 Å². The van der Waals surface area contributed by atoms with Crippen LogP contribution in [0.3, 0.4) is 0 Å². The number of anilines is 1. The molecule has 24 heavy (non-hydrogen) atoms. The van der Waals surface area contributed by atoms with Crippen LogP contribution in [0.4, 0.5) is 5.69 Å². The van der Waals surface area contributed by atoms with Gasteiger partial charge in [0.1, 0.15) is 12.4 Å². The Labute approximate surface area is 143 Å². The van der Waals surface area contributed by atoms with Gasteiger partial charge in [0, 0.05) is 24.8 Å². The van der Waals surface area contributed by atoms with E-state index < -0.39 is 0 Å². The van der Waals surface area contributed by atoms with Gasteiger partial charge < -0.3 is 14.8 Å². The monoisotopic (exact) mass is 329 g/mol. The predicted octanol–water partition coefficient (Wildman–Crippen LogP) is 4.01. The molecule has 0 aromatic heterocycles. The highest BCUT2D eigenvalue weighted by atomic mass is 16.5. The Kier molecular flexibility index (Phi) is 4.74. The number of carbonyl (C=O) groups is 1. The van der Waals surface area contributed by atoms with Gasteiger partial charge in [-0.15, -0.1) is 0 Å². The van der Waals surface area contributed by atoms with Crippen LogP contribution < -0.4 is 10.1 Å². The maximum Gasteiger partial charge on any atom is 0.224 e. The van der Waals surface area contributed by atoms with E-state index in [0.29, 0.717) is 18.9 Å². The van der Waals surface area contributed by atoms with Crippen molar-refractivity contribution in [2.75, 3.05) is 18.5 Å². The van der Waals surface area contributed by atoms with Crippen LogP contribution in [0.2, 0.25) is 0 Å². The summed E-state index contributed by atoms with van der Waals surface area (Å²) in [5.41, 5.74) is 0.827. The van der Waals surface area contributed by atoms with Gasteiger partial charge in [-0.1, -0.05) is 12.5 Å². The Balaban J connectivity index is 1.27. The number of rotatable bonds is 6. The molecule has 1 saturated heterocycles. The molecule has 1 heterocycles. The molecule has 0 radical (unpaired) electrons. The van der Waals surface area contributed by atoms with Gasteiger partial charge in [-0.05, 0) is 62.0 Å². The maximum atomic E-state index is 12.4. The first-order valence-corrected chi connectivity index (χ1v) is 9.40. The lowest BCUT2D eigenvalue weighted by Crippen LogP contribution is -2.20. The van der Waals surface area contributed by atoms with E-state index >= 15 is 0 Å². The van der Waals surface area contributed by atoms with Crippen LogP contribution in [0.25, 0.3) is 0 Å². The van der Waals surface area contributed by atoms with Crippen molar-refractivity contribution in [1.82, 2.24) is 0 Å². The normalized spacial score (nSPS) is 31.3. The van der Waals surface area contributed by atoms with Crippen LogP contribution >= 0.6 is 0 Å². The van der Waals surface area contributed by atoms with Gasteiger partial charge in [-0.3, -0.25) is 4.79 Å². The lowest BCUT2D eigenvalue weighted by atomic mass is 9.86. The summed E-state index contributed by atoms with van der Waals surface area (Å²) in [6, 6.07) is 7.70. The van der Waals surface area contributed by atoms with Gasteiger partial charge in [-0.25, -0.2) is 0 Å². The van der Waals surface area contributed by atoms with E-state index in [1.54, 1.807) is 0 Å². The number of fused-ring (bicyclic) bond motifs is 2. The average Bonchev–Trinajstić information content (AvgIpc) is 3.31. The maximum absolute atomic E-state index is 12.4. The molecule has 4 rings (SSSR count). The van der Waals surface area contributed by atoms with Crippen LogP contribution in [0, 0.1) is 17.8 Å². The molecule has 1 aliphatic heterocycles. The first kappa shape index (κ1) is 15.9. The molecule has 0 unspecified atom stereocenters. The van der Waals surface area contributed by atoms with Gasteiger partial charge >= 0.3 is 0 Å². The highest BCUT2D eigenvalue weighted by molar-refractivity contribution is 5.91. The van der Waals surface area contributed by atoms with Gasteiger partial charge in [0.15, 0.2) is 0 Å². The van der Waals surface area contributed by atoms with E-state index in [0.717, 1.165) is 42.7 Å². The van der Waals surface area contributed by atoms with Crippen LogP contribution in [0.5, 0.6) is 5.75 Å². The summed E-state index contributed by atoms with van der Waals surface area (Å²) in [4.78, 5) is 12.4. The van der Waals surface area contributed by atoms with E-state index in [1.807, 2.05) is 24.3 Å². The van der Waals surface area contributed by atoms with Crippen molar-refractivity contribution in [3.63, 3.8) is 0 Å². The molecule has 1 aromatic rings. The molecule has 1 aromatic carbocycles. The van der Waals surface area contributed by atoms with Crippen molar-refractivity contribution < 1.29 is 14.3 Å². The summed E-state index contributed by atoms with van der Waals surface area (Å²) < 4.78 is 11.4. The fourth-order valence-corrected chi connectivity index (χ4v) is 4.71. The Morgan fingerprint density at radius 2 is 2.21 bits per heavy atom. The molecule has 4 nitrogen and oxygen atoms in total. The van der Waals surface area contributed by atoms with Gasteiger partial charge in [0.05, 0.1) is 6.10 Å². The van der Waals surface area contributed by atoms with Crippen molar-refractivity contribution in [2.45, 2.75) is 51.0 Å². The van der Waals surface area contributed by atoms with Gasteiger partial charge in [-0.2, -0.15) is 0 Å². The smallest absolute Gasteiger partial charge is 0.224 e. The third-order valence-electron chi connectivity index (χ3n) is 5.91. The van der Waals surface area contributed by atoms with E-state index in [4.69, 9.17) is 9.47 Å². The highest BCUT2D eigenvalue weighted by Crippen LogP contribution is 2.49. The van der Waals surface area contributed by atoms with E-state index in [-0.39, 0.29) is 12.0 Å². The van der Waals surface area contributed by atoms with Crippen LogP contribution in [-0.4, -0.2) is 25.2 Å². The zero-order chi connectivity index (χ0) is 16.4. The minimum Gasteiger partial charge on any atom is -0.491 e. The quantitative estimate of drug-likeness (QED) is 0.858. The lowest BCUT2D eigenvalue weighted by Gasteiger charge is -2.21. The Morgan fingerprint density at radius 1 is 1.25 bits per heavy atom. The Morgan fingerprint density at radius 3 is 2.96 bits per heavy atom. The summed E-state index contributed by atoms with van der Waals surface area (Å²) in [5.74, 6) is 3.22. The third kappa shape index (κ3) is 3.75. The Hall–Kier alpha value is -1.55. The summed E-state index contributed by atoms with van der Waals surface area (Å²) in [5, 5.41) is 3.05. The molecular formula is C20H27NO3. The molecule has 4 heteroatoms. The second-order valence-corrected chi connectivity index (χ2v) is 7.66. The van der Waals surface area contributed by atoms with Crippen LogP contribution in [-0.2, 0) is 9.53 Å². The third-order valence-corrected chi connectivity index (χ3v) is 5.91. The topological polar surface area (TPSA) is 47.6 Å². The molecule has 3 aliphatic rings. The molecule has 4 atom stereocenters. The van der Waals surface area contributed by atoms with Crippen molar-refractivity contribution in [3.8, 4) is 5.75 Å². The zero-order valence-corrected chi connectivity index (χ0v) is 14.2. The molecule has 3 fully saturated rings.